The number of aryl methyl sites for hydroxylation is 1. The first-order chi connectivity index (χ1) is 15.5. The second kappa shape index (κ2) is 9.79. The van der Waals surface area contributed by atoms with Crippen LogP contribution in [0.3, 0.4) is 0 Å². The molecule has 164 valence electrons. The fourth-order valence-corrected chi connectivity index (χ4v) is 4.14. The van der Waals surface area contributed by atoms with E-state index in [0.717, 1.165) is 34.9 Å². The molecule has 4 nitrogen and oxygen atoms in total. The lowest BCUT2D eigenvalue weighted by atomic mass is 10.1. The third-order valence-corrected chi connectivity index (χ3v) is 5.87. The third-order valence-electron chi connectivity index (χ3n) is 5.87. The number of carboxylic acid groups (broad SMARTS) is 1. The van der Waals surface area contributed by atoms with Crippen LogP contribution in [0.1, 0.15) is 40.5 Å². The van der Waals surface area contributed by atoms with E-state index in [1.54, 1.807) is 12.1 Å². The van der Waals surface area contributed by atoms with E-state index in [4.69, 9.17) is 0 Å². The number of aromatic carboxylic acids is 1. The van der Waals surface area contributed by atoms with Gasteiger partial charge in [-0.05, 0) is 49.1 Å². The number of nitrogens with zero attached hydrogens (tertiary/aromatic N) is 1. The van der Waals surface area contributed by atoms with E-state index in [1.165, 1.54) is 17.7 Å². The average molecular weight is 431 g/mol. The zero-order valence-electron chi connectivity index (χ0n) is 18.1. The van der Waals surface area contributed by atoms with Gasteiger partial charge in [-0.2, -0.15) is 0 Å². The SMILES string of the molecule is CC(CCc1ccccc1)NCc1c(C(=O)O)n(Cc2ccc(F)cc2)c2ccccc12. The van der Waals surface area contributed by atoms with E-state index in [0.29, 0.717) is 13.1 Å². The van der Waals surface area contributed by atoms with Crippen LogP contribution in [-0.4, -0.2) is 21.7 Å². The molecule has 1 unspecified atom stereocenters. The Labute approximate surface area is 187 Å². The number of nitrogens with one attached hydrogen (secondary N) is 1. The molecule has 0 radical (unpaired) electrons. The number of hydrogen-bond acceptors (Lipinski definition) is 2. The highest BCUT2D eigenvalue weighted by Crippen LogP contribution is 2.28. The van der Waals surface area contributed by atoms with Crippen molar-refractivity contribution in [3.63, 3.8) is 0 Å². The highest BCUT2D eigenvalue weighted by Gasteiger charge is 2.22. The van der Waals surface area contributed by atoms with Gasteiger partial charge in [0.2, 0.25) is 0 Å². The van der Waals surface area contributed by atoms with Crippen LogP contribution in [0.15, 0.2) is 78.9 Å². The van der Waals surface area contributed by atoms with Gasteiger partial charge in [0.15, 0.2) is 0 Å². The van der Waals surface area contributed by atoms with Crippen molar-refractivity contribution in [2.75, 3.05) is 0 Å². The van der Waals surface area contributed by atoms with Gasteiger partial charge in [-0.15, -0.1) is 0 Å². The zero-order chi connectivity index (χ0) is 22.5. The van der Waals surface area contributed by atoms with Crippen molar-refractivity contribution in [3.8, 4) is 0 Å². The van der Waals surface area contributed by atoms with Gasteiger partial charge in [0.1, 0.15) is 11.5 Å². The number of fused-ring (bicyclic) bond motifs is 1. The summed E-state index contributed by atoms with van der Waals surface area (Å²) in [6.45, 7) is 2.96. The van der Waals surface area contributed by atoms with Crippen LogP contribution >= 0.6 is 0 Å². The highest BCUT2D eigenvalue weighted by molar-refractivity contribution is 5.98. The number of carboxylic acids is 1. The van der Waals surface area contributed by atoms with Crippen molar-refractivity contribution >= 4 is 16.9 Å². The lowest BCUT2D eigenvalue weighted by Crippen LogP contribution is -2.27. The monoisotopic (exact) mass is 430 g/mol. The standard InChI is InChI=1S/C27H27FN2O2/c1-19(11-12-20-7-3-2-4-8-20)29-17-24-23-9-5-6-10-25(23)30(26(24)27(31)32)18-21-13-15-22(28)16-14-21/h2-10,13-16,19,29H,11-12,17-18H2,1H3,(H,31,32). The zero-order valence-corrected chi connectivity index (χ0v) is 18.1. The van der Waals surface area contributed by atoms with Crippen molar-refractivity contribution in [1.82, 2.24) is 9.88 Å². The molecule has 0 amide bonds. The summed E-state index contributed by atoms with van der Waals surface area (Å²) in [5.74, 6) is -1.27. The Morgan fingerprint density at radius 3 is 2.38 bits per heavy atom. The average Bonchev–Trinajstić information content (AvgIpc) is 3.12. The van der Waals surface area contributed by atoms with E-state index in [1.807, 2.05) is 47.0 Å². The number of para-hydroxylation sites is 1. The van der Waals surface area contributed by atoms with Crippen molar-refractivity contribution in [3.05, 3.63) is 107 Å². The van der Waals surface area contributed by atoms with Crippen LogP contribution in [0.25, 0.3) is 10.9 Å². The maximum absolute atomic E-state index is 13.3. The van der Waals surface area contributed by atoms with Gasteiger partial charge in [0.05, 0.1) is 0 Å². The van der Waals surface area contributed by atoms with Gasteiger partial charge >= 0.3 is 5.97 Å². The highest BCUT2D eigenvalue weighted by atomic mass is 19.1. The van der Waals surface area contributed by atoms with Crippen LogP contribution in [-0.2, 0) is 19.5 Å². The quantitative estimate of drug-likeness (QED) is 0.361. The number of halogens is 1. The van der Waals surface area contributed by atoms with Crippen LogP contribution in [0.4, 0.5) is 4.39 Å². The molecular weight excluding hydrogens is 403 g/mol. The summed E-state index contributed by atoms with van der Waals surface area (Å²) in [5, 5.41) is 14.5. The topological polar surface area (TPSA) is 54.3 Å². The molecular formula is C27H27FN2O2. The third kappa shape index (κ3) is 4.89. The van der Waals surface area contributed by atoms with E-state index in [9.17, 15) is 14.3 Å². The summed E-state index contributed by atoms with van der Waals surface area (Å²) in [5.41, 5.74) is 4.07. The Morgan fingerprint density at radius 2 is 1.66 bits per heavy atom. The summed E-state index contributed by atoms with van der Waals surface area (Å²) in [7, 11) is 0. The molecule has 0 aliphatic carbocycles. The summed E-state index contributed by atoms with van der Waals surface area (Å²) < 4.78 is 15.1. The fraction of sp³-hybridized carbons (Fsp3) is 0.222. The smallest absolute Gasteiger partial charge is 0.352 e. The second-order valence-electron chi connectivity index (χ2n) is 8.17. The first-order valence-corrected chi connectivity index (χ1v) is 10.9. The molecule has 2 N–H and O–H groups in total. The van der Waals surface area contributed by atoms with Crippen LogP contribution in [0.5, 0.6) is 0 Å². The summed E-state index contributed by atoms with van der Waals surface area (Å²) in [4.78, 5) is 12.3. The molecule has 32 heavy (non-hydrogen) atoms. The molecule has 1 heterocycles. The van der Waals surface area contributed by atoms with Crippen LogP contribution in [0.2, 0.25) is 0 Å². The molecule has 5 heteroatoms. The van der Waals surface area contributed by atoms with Crippen molar-refractivity contribution in [2.45, 2.75) is 38.9 Å². The Bertz CT molecular complexity index is 1200. The maximum atomic E-state index is 13.3. The van der Waals surface area contributed by atoms with E-state index >= 15 is 0 Å². The van der Waals surface area contributed by atoms with Crippen LogP contribution < -0.4 is 5.32 Å². The molecule has 1 atom stereocenters. The number of aromatic nitrogens is 1. The van der Waals surface area contributed by atoms with Crippen molar-refractivity contribution < 1.29 is 14.3 Å². The molecule has 3 aromatic carbocycles. The maximum Gasteiger partial charge on any atom is 0.352 e. The van der Waals surface area contributed by atoms with Crippen molar-refractivity contribution in [2.24, 2.45) is 0 Å². The number of hydrogen-bond donors (Lipinski definition) is 2. The fourth-order valence-electron chi connectivity index (χ4n) is 4.14. The largest absolute Gasteiger partial charge is 0.477 e. The molecule has 0 aliphatic rings. The molecule has 0 bridgehead atoms. The lowest BCUT2D eigenvalue weighted by molar-refractivity contribution is 0.0684. The van der Waals surface area contributed by atoms with Gasteiger partial charge in [-0.1, -0.05) is 60.7 Å². The molecule has 0 spiro atoms. The van der Waals surface area contributed by atoms with Gasteiger partial charge < -0.3 is 15.0 Å². The van der Waals surface area contributed by atoms with Gasteiger partial charge in [0.25, 0.3) is 0 Å². The Morgan fingerprint density at radius 1 is 0.969 bits per heavy atom. The Hall–Kier alpha value is -3.44. The summed E-state index contributed by atoms with van der Waals surface area (Å²) in [6, 6.07) is 24.5. The Kier molecular flexibility index (Phi) is 6.66. The van der Waals surface area contributed by atoms with Gasteiger partial charge in [-0.3, -0.25) is 0 Å². The molecule has 0 saturated heterocycles. The predicted molar refractivity (Wildman–Crippen MR) is 125 cm³/mol. The first-order valence-electron chi connectivity index (χ1n) is 10.9. The second-order valence-corrected chi connectivity index (χ2v) is 8.17. The van der Waals surface area contributed by atoms with Crippen molar-refractivity contribution in [1.29, 1.82) is 0 Å². The van der Waals surface area contributed by atoms with Crippen LogP contribution in [0, 0.1) is 5.82 Å². The van der Waals surface area contributed by atoms with E-state index < -0.39 is 5.97 Å². The number of rotatable bonds is 9. The minimum atomic E-state index is -0.961. The molecule has 0 saturated carbocycles. The predicted octanol–water partition coefficient (Wildman–Crippen LogP) is 5.64. The minimum absolute atomic E-state index is 0.232. The minimum Gasteiger partial charge on any atom is -0.477 e. The molecule has 0 fully saturated rings. The summed E-state index contributed by atoms with van der Waals surface area (Å²) >= 11 is 0. The molecule has 1 aromatic heterocycles. The van der Waals surface area contributed by atoms with Gasteiger partial charge in [-0.25, -0.2) is 9.18 Å². The molecule has 4 aromatic rings. The van der Waals surface area contributed by atoms with E-state index in [-0.39, 0.29) is 17.6 Å². The van der Waals surface area contributed by atoms with E-state index in [2.05, 4.69) is 24.4 Å². The number of benzene rings is 3. The first kappa shape index (κ1) is 21.8. The summed E-state index contributed by atoms with van der Waals surface area (Å²) in [6.07, 6.45) is 1.92. The lowest BCUT2D eigenvalue weighted by Gasteiger charge is -2.15. The molecule has 4 rings (SSSR count). The number of carbonyl (C=O) groups is 1. The van der Waals surface area contributed by atoms with Gasteiger partial charge in [0, 0.05) is 35.6 Å². The molecule has 0 aliphatic heterocycles. The normalized spacial score (nSPS) is 12.2. The Balaban J connectivity index is 1.58.